The summed E-state index contributed by atoms with van der Waals surface area (Å²) < 4.78 is 0. The minimum atomic E-state index is -0.0374. The fourth-order valence-electron chi connectivity index (χ4n) is 3.10. The molecule has 0 saturated heterocycles. The summed E-state index contributed by atoms with van der Waals surface area (Å²) in [6.45, 7) is 4.08. The van der Waals surface area contributed by atoms with E-state index in [0.29, 0.717) is 6.42 Å². The highest BCUT2D eigenvalue weighted by Crippen LogP contribution is 2.23. The van der Waals surface area contributed by atoms with E-state index in [1.165, 1.54) is 22.5 Å². The molecule has 2 N–H and O–H groups in total. The monoisotopic (exact) mass is 362 g/mol. The van der Waals surface area contributed by atoms with Crippen molar-refractivity contribution in [2.45, 2.75) is 20.3 Å². The molecule has 0 atom stereocenters. The number of anilines is 1. The third kappa shape index (κ3) is 3.50. The number of H-pyrrole nitrogens is 1. The zero-order valence-corrected chi connectivity index (χ0v) is 15.4. The smallest absolute Gasteiger partial charge is 0.228 e. The van der Waals surface area contributed by atoms with Crippen molar-refractivity contribution in [3.05, 3.63) is 64.0 Å². The van der Waals surface area contributed by atoms with E-state index in [-0.39, 0.29) is 5.91 Å². The van der Waals surface area contributed by atoms with Gasteiger partial charge in [-0.05, 0) is 37.6 Å². The van der Waals surface area contributed by atoms with Gasteiger partial charge >= 0.3 is 0 Å². The van der Waals surface area contributed by atoms with Gasteiger partial charge in [-0.1, -0.05) is 29.3 Å². The van der Waals surface area contributed by atoms with Gasteiger partial charge < -0.3 is 10.3 Å². The Kier molecular flexibility index (Phi) is 4.26. The summed E-state index contributed by atoms with van der Waals surface area (Å²) in [5, 5.41) is 4.91. The van der Waals surface area contributed by atoms with Crippen LogP contribution in [0.1, 0.15) is 16.7 Å². The Morgan fingerprint density at radius 2 is 1.96 bits per heavy atom. The number of imidazole rings is 1. The number of rotatable bonds is 4. The molecular weight excluding hydrogens is 344 g/mol. The van der Waals surface area contributed by atoms with Gasteiger partial charge in [0.2, 0.25) is 5.91 Å². The fourth-order valence-corrected chi connectivity index (χ4v) is 3.63. The van der Waals surface area contributed by atoms with Gasteiger partial charge in [-0.25, -0.2) is 9.97 Å². The van der Waals surface area contributed by atoms with Crippen LogP contribution in [0.15, 0.2) is 47.3 Å². The molecule has 1 amide bonds. The molecule has 0 unspecified atom stereocenters. The summed E-state index contributed by atoms with van der Waals surface area (Å²) in [4.78, 5) is 24.5. The van der Waals surface area contributed by atoms with Gasteiger partial charge in [0.15, 0.2) is 5.82 Å². The average Bonchev–Trinajstić information content (AvgIpc) is 3.22. The molecule has 0 saturated carbocycles. The van der Waals surface area contributed by atoms with E-state index in [9.17, 15) is 4.79 Å². The lowest BCUT2D eigenvalue weighted by molar-refractivity contribution is -0.115. The summed E-state index contributed by atoms with van der Waals surface area (Å²) in [5.41, 5.74) is 8.42. The number of carbonyl (C=O) groups is 1. The predicted molar refractivity (Wildman–Crippen MR) is 105 cm³/mol. The van der Waals surface area contributed by atoms with Crippen molar-refractivity contribution in [1.82, 2.24) is 15.0 Å². The van der Waals surface area contributed by atoms with Crippen LogP contribution in [0.3, 0.4) is 0 Å². The average molecular weight is 362 g/mol. The molecule has 26 heavy (non-hydrogen) atoms. The Morgan fingerprint density at radius 3 is 2.69 bits per heavy atom. The van der Waals surface area contributed by atoms with Crippen LogP contribution >= 0.6 is 11.3 Å². The van der Waals surface area contributed by atoms with E-state index in [2.05, 4.69) is 26.3 Å². The summed E-state index contributed by atoms with van der Waals surface area (Å²) in [7, 11) is 0. The highest BCUT2D eigenvalue weighted by atomic mass is 32.1. The van der Waals surface area contributed by atoms with Crippen molar-refractivity contribution in [2.24, 2.45) is 0 Å². The maximum Gasteiger partial charge on any atom is 0.228 e. The van der Waals surface area contributed by atoms with Gasteiger partial charge in [-0.3, -0.25) is 4.79 Å². The molecule has 2 aromatic heterocycles. The third-order valence-electron chi connectivity index (χ3n) is 4.09. The molecule has 0 radical (unpaired) electrons. The molecule has 0 spiro atoms. The van der Waals surface area contributed by atoms with E-state index in [1.54, 1.807) is 5.51 Å². The minimum absolute atomic E-state index is 0.0374. The van der Waals surface area contributed by atoms with Gasteiger partial charge in [0, 0.05) is 11.1 Å². The first-order chi connectivity index (χ1) is 12.6. The van der Waals surface area contributed by atoms with Gasteiger partial charge in [0.25, 0.3) is 0 Å². The van der Waals surface area contributed by atoms with Crippen LogP contribution < -0.4 is 5.32 Å². The number of amides is 1. The second-order valence-corrected chi connectivity index (χ2v) is 7.13. The van der Waals surface area contributed by atoms with Crippen molar-refractivity contribution in [2.75, 3.05) is 5.32 Å². The van der Waals surface area contributed by atoms with E-state index in [4.69, 9.17) is 0 Å². The van der Waals surface area contributed by atoms with Crippen LogP contribution in [0, 0.1) is 13.8 Å². The minimum Gasteiger partial charge on any atom is -0.337 e. The number of aromatic amines is 1. The standard InChI is InChI=1S/C20H18N4OS/c1-12-5-13(2)7-14(6-12)8-19(25)22-15-3-4-16-17(9-15)24-20(23-16)18-10-26-11-21-18/h3-7,9-11H,8H2,1-2H3,(H,22,25)(H,23,24). The first kappa shape index (κ1) is 16.5. The number of nitrogens with one attached hydrogen (secondary N) is 2. The van der Waals surface area contributed by atoms with Crippen LogP contribution in [0.5, 0.6) is 0 Å². The Balaban J connectivity index is 1.52. The first-order valence-corrected chi connectivity index (χ1v) is 9.26. The molecule has 2 aromatic carbocycles. The molecule has 5 nitrogen and oxygen atoms in total. The van der Waals surface area contributed by atoms with Crippen molar-refractivity contribution in [1.29, 1.82) is 0 Å². The number of nitrogens with zero attached hydrogens (tertiary/aromatic N) is 2. The molecule has 0 aliphatic rings. The highest BCUT2D eigenvalue weighted by molar-refractivity contribution is 7.07. The first-order valence-electron chi connectivity index (χ1n) is 8.32. The van der Waals surface area contributed by atoms with Crippen LogP contribution in [0.4, 0.5) is 5.69 Å². The van der Waals surface area contributed by atoms with E-state index < -0.39 is 0 Å². The molecule has 0 aliphatic heterocycles. The lowest BCUT2D eigenvalue weighted by Gasteiger charge is -2.07. The quantitative estimate of drug-likeness (QED) is 0.562. The number of aromatic nitrogens is 3. The number of hydrogen-bond acceptors (Lipinski definition) is 4. The number of aryl methyl sites for hydroxylation is 2. The topological polar surface area (TPSA) is 70.7 Å². The van der Waals surface area contributed by atoms with Crippen molar-refractivity contribution >= 4 is 34.0 Å². The molecule has 4 rings (SSSR count). The Bertz CT molecular complexity index is 1060. The molecule has 6 heteroatoms. The Morgan fingerprint density at radius 1 is 1.15 bits per heavy atom. The highest BCUT2D eigenvalue weighted by Gasteiger charge is 2.09. The van der Waals surface area contributed by atoms with Crippen LogP contribution in [0.2, 0.25) is 0 Å². The second kappa shape index (κ2) is 6.72. The summed E-state index contributed by atoms with van der Waals surface area (Å²) in [5.74, 6) is 0.699. The largest absolute Gasteiger partial charge is 0.337 e. The Labute approximate surface area is 155 Å². The van der Waals surface area contributed by atoms with Crippen molar-refractivity contribution in [3.63, 3.8) is 0 Å². The lowest BCUT2D eigenvalue weighted by Crippen LogP contribution is -2.14. The molecule has 0 aliphatic carbocycles. The Hall–Kier alpha value is -2.99. The summed E-state index contributed by atoms with van der Waals surface area (Å²) in [6.07, 6.45) is 0.352. The van der Waals surface area contributed by atoms with Gasteiger partial charge in [0.1, 0.15) is 5.69 Å². The van der Waals surface area contributed by atoms with Crippen molar-refractivity contribution in [3.8, 4) is 11.5 Å². The summed E-state index contributed by atoms with van der Waals surface area (Å²) >= 11 is 1.53. The lowest BCUT2D eigenvalue weighted by atomic mass is 10.0. The van der Waals surface area contributed by atoms with Gasteiger partial charge in [0.05, 0.1) is 23.0 Å². The normalized spacial score (nSPS) is 11.0. The number of hydrogen-bond donors (Lipinski definition) is 2. The van der Waals surface area contributed by atoms with Gasteiger partial charge in [-0.15, -0.1) is 11.3 Å². The fraction of sp³-hybridized carbons (Fsp3) is 0.150. The molecular formula is C20H18N4OS. The summed E-state index contributed by atoms with van der Waals surface area (Å²) in [6, 6.07) is 11.9. The number of fused-ring (bicyclic) bond motifs is 1. The van der Waals surface area contributed by atoms with Crippen LogP contribution in [-0.4, -0.2) is 20.9 Å². The zero-order valence-electron chi connectivity index (χ0n) is 14.5. The van der Waals surface area contributed by atoms with Crippen LogP contribution in [0.25, 0.3) is 22.6 Å². The van der Waals surface area contributed by atoms with E-state index in [0.717, 1.165) is 33.8 Å². The second-order valence-electron chi connectivity index (χ2n) is 6.41. The zero-order chi connectivity index (χ0) is 18.1. The van der Waals surface area contributed by atoms with E-state index >= 15 is 0 Å². The predicted octanol–water partition coefficient (Wildman–Crippen LogP) is 4.48. The number of thiazole rings is 1. The number of benzene rings is 2. The molecule has 4 aromatic rings. The SMILES string of the molecule is Cc1cc(C)cc(CC(=O)Nc2ccc3[nH]c(-c4cscn4)nc3c2)c1. The third-order valence-corrected chi connectivity index (χ3v) is 4.67. The number of carbonyl (C=O) groups excluding carboxylic acids is 1. The molecule has 0 fully saturated rings. The molecule has 130 valence electrons. The molecule has 0 bridgehead atoms. The van der Waals surface area contributed by atoms with Crippen LogP contribution in [-0.2, 0) is 11.2 Å². The van der Waals surface area contributed by atoms with Crippen molar-refractivity contribution < 1.29 is 4.79 Å². The molecule has 2 heterocycles. The van der Waals surface area contributed by atoms with Gasteiger partial charge in [-0.2, -0.15) is 0 Å². The maximum absolute atomic E-state index is 12.4. The van der Waals surface area contributed by atoms with E-state index in [1.807, 2.05) is 49.6 Å². The maximum atomic E-state index is 12.4.